The SMILES string of the molecule is CC(=O)Nc1nc(CSc2nc3sc(C)c(C)c3c(=O)n2-c2cccc(C)c2C)cs1. The Hall–Kier alpha value is -2.49. The molecule has 0 bridgehead atoms. The molecular formula is C22H22N4O2S3. The van der Waals surface area contributed by atoms with Crippen LogP contribution in [0.15, 0.2) is 33.5 Å². The minimum Gasteiger partial charge on any atom is -0.302 e. The zero-order chi connectivity index (χ0) is 22.3. The number of carbonyl (C=O) groups is 1. The van der Waals surface area contributed by atoms with E-state index >= 15 is 0 Å². The molecular weight excluding hydrogens is 448 g/mol. The number of nitrogens with one attached hydrogen (secondary N) is 1. The number of thioether (sulfide) groups is 1. The Morgan fingerprint density at radius 1 is 1.16 bits per heavy atom. The molecule has 0 aliphatic heterocycles. The highest BCUT2D eigenvalue weighted by Crippen LogP contribution is 2.32. The molecule has 0 aliphatic rings. The fourth-order valence-electron chi connectivity index (χ4n) is 3.28. The highest BCUT2D eigenvalue weighted by atomic mass is 32.2. The molecule has 9 heteroatoms. The number of anilines is 1. The van der Waals surface area contributed by atoms with Crippen molar-refractivity contribution in [2.75, 3.05) is 5.32 Å². The van der Waals surface area contributed by atoms with Gasteiger partial charge in [0.2, 0.25) is 5.91 Å². The second-order valence-electron chi connectivity index (χ2n) is 7.33. The zero-order valence-electron chi connectivity index (χ0n) is 17.9. The summed E-state index contributed by atoms with van der Waals surface area (Å²) in [5, 5.41) is 6.52. The van der Waals surface area contributed by atoms with Crippen molar-refractivity contribution in [2.45, 2.75) is 45.5 Å². The number of rotatable bonds is 5. The van der Waals surface area contributed by atoms with E-state index in [1.807, 2.05) is 51.3 Å². The molecule has 4 aromatic rings. The summed E-state index contributed by atoms with van der Waals surface area (Å²) in [5.41, 5.74) is 4.81. The van der Waals surface area contributed by atoms with E-state index in [-0.39, 0.29) is 11.5 Å². The van der Waals surface area contributed by atoms with E-state index in [9.17, 15) is 9.59 Å². The number of thiophene rings is 1. The maximum atomic E-state index is 13.6. The first-order valence-corrected chi connectivity index (χ1v) is 12.4. The molecule has 1 aromatic carbocycles. The molecule has 1 amide bonds. The van der Waals surface area contributed by atoms with E-state index in [1.165, 1.54) is 30.0 Å². The maximum absolute atomic E-state index is 13.6. The third-order valence-electron chi connectivity index (χ3n) is 5.17. The Kier molecular flexibility index (Phi) is 6.00. The minimum absolute atomic E-state index is 0.0414. The summed E-state index contributed by atoms with van der Waals surface area (Å²) in [6, 6.07) is 5.98. The van der Waals surface area contributed by atoms with Gasteiger partial charge in [0.15, 0.2) is 10.3 Å². The number of benzene rings is 1. The van der Waals surface area contributed by atoms with Gasteiger partial charge >= 0.3 is 0 Å². The monoisotopic (exact) mass is 470 g/mol. The quantitative estimate of drug-likeness (QED) is 0.313. The fraction of sp³-hybridized carbons (Fsp3) is 0.273. The fourth-order valence-corrected chi connectivity index (χ4v) is 6.11. The molecule has 160 valence electrons. The van der Waals surface area contributed by atoms with Crippen LogP contribution in [0.5, 0.6) is 0 Å². The minimum atomic E-state index is -0.145. The molecule has 1 N–H and O–H groups in total. The predicted octanol–water partition coefficient (Wildman–Crippen LogP) is 5.39. The predicted molar refractivity (Wildman–Crippen MR) is 130 cm³/mol. The molecule has 31 heavy (non-hydrogen) atoms. The van der Waals surface area contributed by atoms with Crippen LogP contribution in [0.3, 0.4) is 0 Å². The third kappa shape index (κ3) is 4.17. The van der Waals surface area contributed by atoms with Crippen molar-refractivity contribution in [1.82, 2.24) is 14.5 Å². The number of nitrogens with zero attached hydrogens (tertiary/aromatic N) is 3. The highest BCUT2D eigenvalue weighted by molar-refractivity contribution is 7.98. The Bertz CT molecular complexity index is 1370. The summed E-state index contributed by atoms with van der Waals surface area (Å²) in [6.45, 7) is 9.54. The van der Waals surface area contributed by atoms with Gasteiger partial charge in [0.25, 0.3) is 5.56 Å². The summed E-state index contributed by atoms with van der Waals surface area (Å²) in [4.78, 5) is 36.1. The lowest BCUT2D eigenvalue weighted by Crippen LogP contribution is -2.22. The van der Waals surface area contributed by atoms with Crippen LogP contribution in [0.2, 0.25) is 0 Å². The van der Waals surface area contributed by atoms with Crippen molar-refractivity contribution in [3.8, 4) is 5.69 Å². The van der Waals surface area contributed by atoms with E-state index < -0.39 is 0 Å². The van der Waals surface area contributed by atoms with Gasteiger partial charge in [0.1, 0.15) is 4.83 Å². The van der Waals surface area contributed by atoms with Crippen molar-refractivity contribution in [1.29, 1.82) is 0 Å². The van der Waals surface area contributed by atoms with Crippen LogP contribution in [-0.4, -0.2) is 20.4 Å². The average Bonchev–Trinajstić information content (AvgIpc) is 3.26. The Balaban J connectivity index is 1.81. The molecule has 0 aliphatic carbocycles. The maximum Gasteiger partial charge on any atom is 0.267 e. The molecule has 0 saturated carbocycles. The van der Waals surface area contributed by atoms with Crippen molar-refractivity contribution >= 4 is 55.7 Å². The van der Waals surface area contributed by atoms with Gasteiger partial charge in [-0.1, -0.05) is 23.9 Å². The van der Waals surface area contributed by atoms with E-state index in [0.29, 0.717) is 21.4 Å². The highest BCUT2D eigenvalue weighted by Gasteiger charge is 2.19. The molecule has 0 saturated heterocycles. The summed E-state index contributed by atoms with van der Waals surface area (Å²) in [7, 11) is 0. The third-order valence-corrected chi connectivity index (χ3v) is 8.05. The zero-order valence-corrected chi connectivity index (χ0v) is 20.3. The van der Waals surface area contributed by atoms with Gasteiger partial charge < -0.3 is 5.32 Å². The molecule has 0 atom stereocenters. The van der Waals surface area contributed by atoms with Gasteiger partial charge in [-0.3, -0.25) is 14.2 Å². The summed E-state index contributed by atoms with van der Waals surface area (Å²) >= 11 is 4.41. The molecule has 3 heterocycles. The lowest BCUT2D eigenvalue weighted by molar-refractivity contribution is -0.114. The Morgan fingerprint density at radius 2 is 1.94 bits per heavy atom. The second-order valence-corrected chi connectivity index (χ2v) is 10.3. The number of thiazole rings is 1. The van der Waals surface area contributed by atoms with E-state index in [2.05, 4.69) is 10.3 Å². The standard InChI is InChI=1S/C22H22N4O2S3/c1-11-7-6-8-17(12(11)2)26-20(28)18-13(3)14(4)31-19(18)25-22(26)30-10-16-9-29-21(24-16)23-15(5)27/h6-9H,10H2,1-5H3,(H,23,24,27). The molecule has 0 unspecified atom stereocenters. The van der Waals surface area contributed by atoms with Gasteiger partial charge in [-0.25, -0.2) is 9.97 Å². The van der Waals surface area contributed by atoms with Crippen LogP contribution in [0.4, 0.5) is 5.13 Å². The molecule has 3 aromatic heterocycles. The summed E-state index contributed by atoms with van der Waals surface area (Å²) in [5.74, 6) is 0.398. The lowest BCUT2D eigenvalue weighted by Gasteiger charge is -2.15. The molecule has 4 rings (SSSR count). The van der Waals surface area contributed by atoms with Crippen molar-refractivity contribution in [3.05, 3.63) is 61.2 Å². The van der Waals surface area contributed by atoms with Crippen LogP contribution in [0.25, 0.3) is 15.9 Å². The first-order chi connectivity index (χ1) is 14.8. The van der Waals surface area contributed by atoms with Crippen LogP contribution >= 0.6 is 34.4 Å². The van der Waals surface area contributed by atoms with E-state index in [4.69, 9.17) is 4.98 Å². The largest absolute Gasteiger partial charge is 0.302 e. The summed E-state index contributed by atoms with van der Waals surface area (Å²) in [6.07, 6.45) is 0. The smallest absolute Gasteiger partial charge is 0.267 e. The Labute approximate surface area is 192 Å². The van der Waals surface area contributed by atoms with Crippen molar-refractivity contribution in [2.24, 2.45) is 0 Å². The van der Waals surface area contributed by atoms with Crippen LogP contribution in [0.1, 0.15) is 34.2 Å². The number of hydrogen-bond donors (Lipinski definition) is 1. The lowest BCUT2D eigenvalue weighted by atomic mass is 10.1. The number of aryl methyl sites for hydroxylation is 3. The molecule has 0 radical (unpaired) electrons. The van der Waals surface area contributed by atoms with E-state index in [0.717, 1.165) is 37.8 Å². The topological polar surface area (TPSA) is 76.9 Å². The molecule has 0 fully saturated rings. The molecule has 0 spiro atoms. The number of fused-ring (bicyclic) bond motifs is 1. The van der Waals surface area contributed by atoms with Gasteiger partial charge in [-0.05, 0) is 50.5 Å². The van der Waals surface area contributed by atoms with Gasteiger partial charge in [-0.15, -0.1) is 22.7 Å². The average molecular weight is 471 g/mol. The second kappa shape index (κ2) is 8.57. The number of hydrogen-bond acceptors (Lipinski definition) is 7. The first-order valence-electron chi connectivity index (χ1n) is 9.70. The summed E-state index contributed by atoms with van der Waals surface area (Å²) < 4.78 is 1.73. The van der Waals surface area contributed by atoms with Crippen LogP contribution in [-0.2, 0) is 10.5 Å². The number of amides is 1. The van der Waals surface area contributed by atoms with E-state index in [1.54, 1.807) is 15.9 Å². The van der Waals surface area contributed by atoms with Crippen molar-refractivity contribution in [3.63, 3.8) is 0 Å². The van der Waals surface area contributed by atoms with Crippen LogP contribution in [0, 0.1) is 27.7 Å². The van der Waals surface area contributed by atoms with Crippen molar-refractivity contribution < 1.29 is 4.79 Å². The van der Waals surface area contributed by atoms with Crippen LogP contribution < -0.4 is 10.9 Å². The Morgan fingerprint density at radius 3 is 2.68 bits per heavy atom. The van der Waals surface area contributed by atoms with Gasteiger partial charge in [-0.2, -0.15) is 0 Å². The molecule has 6 nitrogen and oxygen atoms in total. The normalized spacial score (nSPS) is 11.3. The number of aromatic nitrogens is 3. The van der Waals surface area contributed by atoms with Gasteiger partial charge in [0, 0.05) is 22.9 Å². The first kappa shape index (κ1) is 21.7. The van der Waals surface area contributed by atoms with Gasteiger partial charge in [0.05, 0.1) is 16.8 Å². The number of carbonyl (C=O) groups excluding carboxylic acids is 1.